The van der Waals surface area contributed by atoms with Gasteiger partial charge in [0.15, 0.2) is 17.7 Å². The Labute approximate surface area is 92.6 Å². The third kappa shape index (κ3) is 2.70. The van der Waals surface area contributed by atoms with Crippen molar-refractivity contribution in [3.8, 4) is 5.75 Å². The summed E-state index contributed by atoms with van der Waals surface area (Å²) in [4.78, 5) is 10.9. The van der Waals surface area contributed by atoms with E-state index in [1.807, 2.05) is 0 Å². The number of hydrogen-bond donors (Lipinski definition) is 1. The zero-order valence-corrected chi connectivity index (χ0v) is 9.07. The molecule has 0 aliphatic rings. The average Bonchev–Trinajstić information content (AvgIpc) is 2.25. The second-order valence-electron chi connectivity index (χ2n) is 3.07. The molecular formula is C11H13FO4. The fourth-order valence-corrected chi connectivity index (χ4v) is 1.32. The van der Waals surface area contributed by atoms with Gasteiger partial charge in [0.2, 0.25) is 0 Å². The van der Waals surface area contributed by atoms with E-state index in [4.69, 9.17) is 14.6 Å². The van der Waals surface area contributed by atoms with Gasteiger partial charge < -0.3 is 14.6 Å². The Morgan fingerprint density at radius 2 is 2.25 bits per heavy atom. The van der Waals surface area contributed by atoms with Crippen LogP contribution in [0.2, 0.25) is 0 Å². The van der Waals surface area contributed by atoms with Crippen molar-refractivity contribution in [2.45, 2.75) is 13.0 Å². The molecule has 0 aliphatic carbocycles. The minimum absolute atomic E-state index is 0.0735. The lowest BCUT2D eigenvalue weighted by atomic mass is 10.1. The Hall–Kier alpha value is -1.62. The van der Waals surface area contributed by atoms with Crippen molar-refractivity contribution < 1.29 is 23.8 Å². The molecule has 0 heterocycles. The first-order valence-electron chi connectivity index (χ1n) is 4.78. The molecule has 1 rings (SSSR count). The predicted molar refractivity (Wildman–Crippen MR) is 55.0 cm³/mol. The van der Waals surface area contributed by atoms with Crippen molar-refractivity contribution in [1.82, 2.24) is 0 Å². The summed E-state index contributed by atoms with van der Waals surface area (Å²) >= 11 is 0. The SMILES string of the molecule is CCOC(C(=O)O)c1ccc(OC)c(F)c1. The summed E-state index contributed by atoms with van der Waals surface area (Å²) in [7, 11) is 1.34. The summed E-state index contributed by atoms with van der Waals surface area (Å²) < 4.78 is 23.1. The quantitative estimate of drug-likeness (QED) is 0.837. The van der Waals surface area contributed by atoms with Crippen LogP contribution < -0.4 is 4.74 Å². The minimum Gasteiger partial charge on any atom is -0.494 e. The molecule has 1 aromatic carbocycles. The standard InChI is InChI=1S/C11H13FO4/c1-3-16-10(11(13)14)7-4-5-9(15-2)8(12)6-7/h4-6,10H,3H2,1-2H3,(H,13,14). The Bertz CT molecular complexity index is 378. The number of carboxylic acids is 1. The molecule has 16 heavy (non-hydrogen) atoms. The number of ether oxygens (including phenoxy) is 2. The third-order valence-electron chi connectivity index (χ3n) is 2.04. The van der Waals surface area contributed by atoms with Crippen LogP contribution in [0, 0.1) is 5.82 Å². The van der Waals surface area contributed by atoms with Gasteiger partial charge in [0, 0.05) is 6.61 Å². The molecule has 0 aromatic heterocycles. The Kier molecular flexibility index (Phi) is 4.25. The molecule has 0 aliphatic heterocycles. The smallest absolute Gasteiger partial charge is 0.337 e. The highest BCUT2D eigenvalue weighted by Gasteiger charge is 2.21. The molecule has 1 N–H and O–H groups in total. The number of methoxy groups -OCH3 is 1. The first kappa shape index (κ1) is 12.4. The molecule has 0 bridgehead atoms. The van der Waals surface area contributed by atoms with Crippen LogP contribution in [0.25, 0.3) is 0 Å². The van der Waals surface area contributed by atoms with E-state index in [-0.39, 0.29) is 17.9 Å². The highest BCUT2D eigenvalue weighted by molar-refractivity contribution is 5.74. The van der Waals surface area contributed by atoms with Crippen LogP contribution in [0.5, 0.6) is 5.75 Å². The molecule has 0 fully saturated rings. The van der Waals surface area contributed by atoms with E-state index in [1.54, 1.807) is 6.92 Å². The second-order valence-corrected chi connectivity index (χ2v) is 3.07. The molecule has 0 amide bonds. The topological polar surface area (TPSA) is 55.8 Å². The molecule has 0 spiro atoms. The first-order chi connectivity index (χ1) is 7.60. The molecule has 1 aromatic rings. The third-order valence-corrected chi connectivity index (χ3v) is 2.04. The number of hydrogen-bond acceptors (Lipinski definition) is 3. The van der Waals surface area contributed by atoms with Crippen molar-refractivity contribution in [1.29, 1.82) is 0 Å². The van der Waals surface area contributed by atoms with E-state index in [9.17, 15) is 9.18 Å². The number of carboxylic acid groups (broad SMARTS) is 1. The van der Waals surface area contributed by atoms with Crippen LogP contribution in [0.4, 0.5) is 4.39 Å². The fraction of sp³-hybridized carbons (Fsp3) is 0.364. The zero-order valence-electron chi connectivity index (χ0n) is 9.07. The number of benzene rings is 1. The summed E-state index contributed by atoms with van der Waals surface area (Å²) in [6.07, 6.45) is -1.15. The van der Waals surface area contributed by atoms with Crippen LogP contribution in [0.15, 0.2) is 18.2 Å². The van der Waals surface area contributed by atoms with E-state index in [0.29, 0.717) is 0 Å². The van der Waals surface area contributed by atoms with E-state index >= 15 is 0 Å². The number of aliphatic carboxylic acids is 1. The normalized spacial score (nSPS) is 12.2. The molecule has 1 atom stereocenters. The number of halogens is 1. The van der Waals surface area contributed by atoms with Gasteiger partial charge in [0.25, 0.3) is 0 Å². The van der Waals surface area contributed by atoms with Gasteiger partial charge in [-0.1, -0.05) is 6.07 Å². The average molecular weight is 228 g/mol. The van der Waals surface area contributed by atoms with Crippen LogP contribution in [-0.4, -0.2) is 24.8 Å². The molecular weight excluding hydrogens is 215 g/mol. The lowest BCUT2D eigenvalue weighted by Crippen LogP contribution is -2.15. The van der Waals surface area contributed by atoms with Crippen LogP contribution in [0.3, 0.4) is 0 Å². The molecule has 0 radical (unpaired) electrons. The molecule has 1 unspecified atom stereocenters. The van der Waals surface area contributed by atoms with Gasteiger partial charge in [-0.3, -0.25) is 0 Å². The highest BCUT2D eigenvalue weighted by Crippen LogP contribution is 2.24. The molecule has 5 heteroatoms. The van der Waals surface area contributed by atoms with Gasteiger partial charge >= 0.3 is 5.97 Å². The van der Waals surface area contributed by atoms with E-state index < -0.39 is 17.9 Å². The Balaban J connectivity index is 3.01. The summed E-state index contributed by atoms with van der Waals surface area (Å²) in [5, 5.41) is 8.90. The second kappa shape index (κ2) is 5.46. The van der Waals surface area contributed by atoms with Gasteiger partial charge in [-0.2, -0.15) is 0 Å². The molecule has 4 nitrogen and oxygen atoms in total. The van der Waals surface area contributed by atoms with Gasteiger partial charge in [-0.25, -0.2) is 9.18 Å². The number of carbonyl (C=O) groups is 1. The fourth-order valence-electron chi connectivity index (χ4n) is 1.32. The van der Waals surface area contributed by atoms with E-state index in [0.717, 1.165) is 6.07 Å². The van der Waals surface area contributed by atoms with Crippen molar-refractivity contribution in [2.24, 2.45) is 0 Å². The van der Waals surface area contributed by atoms with Gasteiger partial charge in [-0.05, 0) is 24.6 Å². The molecule has 0 saturated carbocycles. The first-order valence-corrected chi connectivity index (χ1v) is 4.78. The molecule has 0 saturated heterocycles. The zero-order chi connectivity index (χ0) is 12.1. The lowest BCUT2D eigenvalue weighted by Gasteiger charge is -2.13. The van der Waals surface area contributed by atoms with Crippen LogP contribution >= 0.6 is 0 Å². The monoisotopic (exact) mass is 228 g/mol. The molecule has 88 valence electrons. The summed E-state index contributed by atoms with van der Waals surface area (Å²) in [6, 6.07) is 3.95. The van der Waals surface area contributed by atoms with Crippen molar-refractivity contribution in [3.63, 3.8) is 0 Å². The minimum atomic E-state index is -1.15. The van der Waals surface area contributed by atoms with Crippen molar-refractivity contribution >= 4 is 5.97 Å². The van der Waals surface area contributed by atoms with Crippen LogP contribution in [0.1, 0.15) is 18.6 Å². The summed E-state index contributed by atoms with van der Waals surface area (Å²) in [5.41, 5.74) is 0.257. The maximum absolute atomic E-state index is 13.3. The Morgan fingerprint density at radius 3 is 2.69 bits per heavy atom. The summed E-state index contributed by atoms with van der Waals surface area (Å²) in [5.74, 6) is -1.68. The summed E-state index contributed by atoms with van der Waals surface area (Å²) in [6.45, 7) is 1.92. The largest absolute Gasteiger partial charge is 0.494 e. The predicted octanol–water partition coefficient (Wildman–Crippen LogP) is 2.00. The van der Waals surface area contributed by atoms with Crippen molar-refractivity contribution in [2.75, 3.05) is 13.7 Å². The van der Waals surface area contributed by atoms with E-state index in [2.05, 4.69) is 0 Å². The van der Waals surface area contributed by atoms with Gasteiger partial charge in [0.05, 0.1) is 7.11 Å². The van der Waals surface area contributed by atoms with Crippen LogP contribution in [-0.2, 0) is 9.53 Å². The maximum Gasteiger partial charge on any atom is 0.337 e. The highest BCUT2D eigenvalue weighted by atomic mass is 19.1. The van der Waals surface area contributed by atoms with E-state index in [1.165, 1.54) is 19.2 Å². The maximum atomic E-state index is 13.3. The van der Waals surface area contributed by atoms with Gasteiger partial charge in [0.1, 0.15) is 0 Å². The number of rotatable bonds is 5. The lowest BCUT2D eigenvalue weighted by molar-refractivity contribution is -0.150. The van der Waals surface area contributed by atoms with Crippen molar-refractivity contribution in [3.05, 3.63) is 29.6 Å². The van der Waals surface area contributed by atoms with Gasteiger partial charge in [-0.15, -0.1) is 0 Å². The Morgan fingerprint density at radius 1 is 1.56 bits per heavy atom.